The molecule has 30 heteroatoms. The van der Waals surface area contributed by atoms with E-state index in [2.05, 4.69) is 62.9 Å². The summed E-state index contributed by atoms with van der Waals surface area (Å²) in [6.45, 7) is -0.812. The fourth-order valence-electron chi connectivity index (χ4n) is 7.81. The largest absolute Gasteiger partial charge is 0.451 e. The second kappa shape index (κ2) is 27.8. The Bertz CT molecular complexity index is 3080. The number of amides is 4. The number of benzene rings is 4. The number of alkyl halides is 6. The van der Waals surface area contributed by atoms with E-state index in [4.69, 9.17) is 17.2 Å². The first-order valence-electron chi connectivity index (χ1n) is 22.6. The van der Waals surface area contributed by atoms with Gasteiger partial charge in [0.1, 0.15) is 23.7 Å². The molecule has 4 amide bonds. The number of rotatable bonds is 13. The molecular formula is C48H44F12I2N12O4. The minimum absolute atomic E-state index is 0.00183. The summed E-state index contributed by atoms with van der Waals surface area (Å²) in [5, 5.41) is 16.2. The first-order chi connectivity index (χ1) is 36.8. The SMILES string of the molecule is II.NC(=O)[C@@H](N)c1ccccc1.NC(=O)[C@@H](NC(CC(=O)N1CCn2c(nnc2C(F)(F)F)C1)Cc1cc(F)c(F)cc1F)c1ccccc1.O=C(C=CCc1cc(F)c(F)cc1F)N1CCn2c(nnc2C(F)(F)F)C1. The average Bonchev–Trinajstić information content (AvgIpc) is 4.08. The van der Waals surface area contributed by atoms with Gasteiger partial charge in [-0.3, -0.25) is 24.5 Å². The van der Waals surface area contributed by atoms with Crippen molar-refractivity contribution in [1.82, 2.24) is 44.6 Å². The van der Waals surface area contributed by atoms with Crippen molar-refractivity contribution in [1.29, 1.82) is 0 Å². The van der Waals surface area contributed by atoms with Crippen LogP contribution in [-0.2, 0) is 70.6 Å². The van der Waals surface area contributed by atoms with Crippen LogP contribution < -0.4 is 22.5 Å². The molecule has 6 aromatic rings. The summed E-state index contributed by atoms with van der Waals surface area (Å²) in [4.78, 5) is 50.6. The molecule has 0 radical (unpaired) electrons. The van der Waals surface area contributed by atoms with E-state index in [9.17, 15) is 71.9 Å². The lowest BCUT2D eigenvalue weighted by molar-refractivity contribution is -0.149. The molecule has 78 heavy (non-hydrogen) atoms. The van der Waals surface area contributed by atoms with Crippen molar-refractivity contribution >= 4 is 60.9 Å². The average molecular weight is 1330 g/mol. The van der Waals surface area contributed by atoms with E-state index in [-0.39, 0.29) is 81.3 Å². The maximum absolute atomic E-state index is 14.4. The normalized spacial score (nSPS) is 14.3. The van der Waals surface area contributed by atoms with Crippen molar-refractivity contribution in [2.75, 3.05) is 13.1 Å². The number of nitrogens with two attached hydrogens (primary N) is 3. The van der Waals surface area contributed by atoms with Crippen LogP contribution in [-0.4, -0.2) is 82.1 Å². The Hall–Kier alpha value is -6.68. The predicted molar refractivity (Wildman–Crippen MR) is 271 cm³/mol. The Kier molecular flexibility index (Phi) is 22.1. The molecule has 0 saturated heterocycles. The minimum atomic E-state index is -4.71. The smallest absolute Gasteiger partial charge is 0.368 e. The molecule has 8 rings (SSSR count). The number of aromatic nitrogens is 6. The molecule has 4 aromatic carbocycles. The Balaban J connectivity index is 0.000000242. The van der Waals surface area contributed by atoms with Gasteiger partial charge in [-0.2, -0.15) is 26.3 Å². The van der Waals surface area contributed by atoms with E-state index in [1.807, 2.05) is 18.2 Å². The summed E-state index contributed by atoms with van der Waals surface area (Å²) in [6.07, 6.45) is -7.83. The highest BCUT2D eigenvalue weighted by atomic mass is 128. The van der Waals surface area contributed by atoms with Crippen LogP contribution in [0.2, 0.25) is 0 Å². The van der Waals surface area contributed by atoms with E-state index < -0.39 is 101 Å². The van der Waals surface area contributed by atoms with Crippen LogP contribution in [0.4, 0.5) is 52.7 Å². The Morgan fingerprint density at radius 1 is 0.603 bits per heavy atom. The Labute approximate surface area is 458 Å². The summed E-state index contributed by atoms with van der Waals surface area (Å²) in [5.41, 5.74) is 16.8. The maximum Gasteiger partial charge on any atom is 0.451 e. The molecule has 4 heterocycles. The monoisotopic (exact) mass is 1330 g/mol. The van der Waals surface area contributed by atoms with Crippen molar-refractivity contribution in [3.05, 3.63) is 178 Å². The number of hydrogen-bond donors (Lipinski definition) is 4. The van der Waals surface area contributed by atoms with Crippen LogP contribution in [0.15, 0.2) is 97.1 Å². The molecule has 16 nitrogen and oxygen atoms in total. The quantitative estimate of drug-likeness (QED) is 0.0382. The molecule has 0 aliphatic carbocycles. The summed E-state index contributed by atoms with van der Waals surface area (Å²) in [5.74, 6) is -11.9. The number of carbonyl (C=O) groups excluding carboxylic acids is 4. The first-order valence-corrected chi connectivity index (χ1v) is 28.9. The number of allylic oxidation sites excluding steroid dienone is 1. The van der Waals surface area contributed by atoms with Gasteiger partial charge in [-0.05, 0) is 53.3 Å². The second-order valence-corrected chi connectivity index (χ2v) is 16.9. The molecule has 0 spiro atoms. The third-order valence-electron chi connectivity index (χ3n) is 11.6. The highest BCUT2D eigenvalue weighted by molar-refractivity contribution is 15.0. The lowest BCUT2D eigenvalue weighted by atomic mass is 9.98. The van der Waals surface area contributed by atoms with Gasteiger partial charge < -0.3 is 36.1 Å². The van der Waals surface area contributed by atoms with Gasteiger partial charge in [0, 0.05) is 88.0 Å². The molecule has 0 bridgehead atoms. The zero-order valence-electron chi connectivity index (χ0n) is 40.1. The number of halogens is 14. The molecule has 0 saturated carbocycles. The van der Waals surface area contributed by atoms with Gasteiger partial charge in [-0.25, -0.2) is 26.3 Å². The minimum Gasteiger partial charge on any atom is -0.368 e. The summed E-state index contributed by atoms with van der Waals surface area (Å²) in [6, 6.07) is 16.6. The van der Waals surface area contributed by atoms with Gasteiger partial charge >= 0.3 is 12.4 Å². The molecular weight excluding hydrogens is 1290 g/mol. The third-order valence-corrected chi connectivity index (χ3v) is 11.6. The number of primary amides is 2. The van der Waals surface area contributed by atoms with E-state index in [0.29, 0.717) is 29.8 Å². The van der Waals surface area contributed by atoms with Crippen LogP contribution in [0, 0.1) is 34.9 Å². The fourth-order valence-corrected chi connectivity index (χ4v) is 7.81. The van der Waals surface area contributed by atoms with Crippen LogP contribution in [0.3, 0.4) is 0 Å². The Morgan fingerprint density at radius 3 is 1.54 bits per heavy atom. The molecule has 2 aliphatic heterocycles. The first kappa shape index (κ1) is 62.2. The molecule has 418 valence electrons. The maximum atomic E-state index is 14.4. The molecule has 2 aliphatic rings. The summed E-state index contributed by atoms with van der Waals surface area (Å²) >= 11 is 4.24. The third kappa shape index (κ3) is 16.7. The van der Waals surface area contributed by atoms with Crippen molar-refractivity contribution in [2.24, 2.45) is 17.2 Å². The van der Waals surface area contributed by atoms with Gasteiger partial charge in [-0.1, -0.05) is 66.7 Å². The zero-order valence-corrected chi connectivity index (χ0v) is 44.4. The van der Waals surface area contributed by atoms with Gasteiger partial charge in [-0.15, -0.1) is 20.4 Å². The highest BCUT2D eigenvalue weighted by Gasteiger charge is 2.41. The van der Waals surface area contributed by atoms with Crippen molar-refractivity contribution in [2.45, 2.75) is 75.9 Å². The molecule has 7 N–H and O–H groups in total. The summed E-state index contributed by atoms with van der Waals surface area (Å²) < 4.78 is 161. The lowest BCUT2D eigenvalue weighted by Gasteiger charge is -2.31. The van der Waals surface area contributed by atoms with Crippen LogP contribution in [0.1, 0.15) is 64.1 Å². The molecule has 3 atom stereocenters. The van der Waals surface area contributed by atoms with Crippen LogP contribution in [0.5, 0.6) is 0 Å². The van der Waals surface area contributed by atoms with Crippen molar-refractivity contribution in [3.8, 4) is 0 Å². The Morgan fingerprint density at radius 2 is 1.05 bits per heavy atom. The second-order valence-electron chi connectivity index (χ2n) is 16.9. The highest BCUT2D eigenvalue weighted by Crippen LogP contribution is 2.31. The van der Waals surface area contributed by atoms with Crippen molar-refractivity contribution < 1.29 is 71.9 Å². The predicted octanol–water partition coefficient (Wildman–Crippen LogP) is 7.67. The van der Waals surface area contributed by atoms with Crippen LogP contribution in [0.25, 0.3) is 0 Å². The number of nitrogens with zero attached hydrogens (tertiary/aromatic N) is 8. The van der Waals surface area contributed by atoms with Gasteiger partial charge in [0.25, 0.3) is 0 Å². The number of nitrogens with one attached hydrogen (secondary N) is 1. The van der Waals surface area contributed by atoms with Gasteiger partial charge in [0.15, 0.2) is 34.9 Å². The van der Waals surface area contributed by atoms with E-state index in [0.717, 1.165) is 20.8 Å². The molecule has 2 aromatic heterocycles. The fraction of sp³-hybridized carbons (Fsp3) is 0.292. The van der Waals surface area contributed by atoms with Gasteiger partial charge in [0.05, 0.1) is 13.1 Å². The zero-order chi connectivity index (χ0) is 57.6. The lowest BCUT2D eigenvalue weighted by Crippen LogP contribution is -2.46. The van der Waals surface area contributed by atoms with E-state index in [1.54, 1.807) is 42.5 Å². The standard InChI is InChI=1S/C24H22F6N6O2.C16H12F6N4O.C8H10N2O.I2/c25-16-11-18(27)17(26)9-14(16)8-15(32-21(22(31)38)13-4-2-1-3-5-13)10-20(37)35-6-7-36-19(12-35)33-34-23(36)24(28,29)30;17-10-7-12(19)11(18)6-9(10)2-1-3-14(27)25-4-5-26-13(8-25)23-24-15(26)16(20,21)22;9-7(8(10)11)6-4-2-1-3-5-6;1-2/h1-5,9,11,15,21,32H,6-8,10,12H2,(H2,31,38);1,3,6-7H,2,4-5,8H2;1-5,7H,9H2,(H2,10,11);/t15?,21-;;7-;/m0.0./s1. The number of carbonyl (C=O) groups is 4. The number of hydrogen-bond acceptors (Lipinski definition) is 10. The molecule has 0 fully saturated rings. The summed E-state index contributed by atoms with van der Waals surface area (Å²) in [7, 11) is 0. The molecule has 1 unspecified atom stereocenters. The van der Waals surface area contributed by atoms with E-state index in [1.165, 1.54) is 15.9 Å². The van der Waals surface area contributed by atoms with E-state index >= 15 is 0 Å². The topological polar surface area (TPSA) is 226 Å². The van der Waals surface area contributed by atoms with Crippen LogP contribution >= 0.6 is 37.2 Å². The van der Waals surface area contributed by atoms with Crippen molar-refractivity contribution in [3.63, 3.8) is 0 Å². The van der Waals surface area contributed by atoms with Gasteiger partial charge in [0.2, 0.25) is 35.3 Å². The number of fused-ring (bicyclic) bond motifs is 2.